The summed E-state index contributed by atoms with van der Waals surface area (Å²) in [7, 11) is 1.55. The van der Waals surface area contributed by atoms with Crippen LogP contribution in [0.5, 0.6) is 5.75 Å². The van der Waals surface area contributed by atoms with E-state index in [0.29, 0.717) is 25.9 Å². The van der Waals surface area contributed by atoms with Gasteiger partial charge in [-0.15, -0.1) is 13.2 Å². The molecule has 1 saturated carbocycles. The van der Waals surface area contributed by atoms with Crippen LogP contribution in [0.4, 0.5) is 17.6 Å². The zero-order chi connectivity index (χ0) is 29.8. The van der Waals surface area contributed by atoms with Crippen LogP contribution in [0.1, 0.15) is 37.7 Å². The molecule has 0 bridgehead atoms. The lowest BCUT2D eigenvalue weighted by atomic mass is 9.78. The molecule has 2 fully saturated rings. The summed E-state index contributed by atoms with van der Waals surface area (Å²) in [5.74, 6) is -1.95. The Balaban J connectivity index is 1.70. The lowest BCUT2D eigenvalue weighted by molar-refractivity contribution is -0.274. The van der Waals surface area contributed by atoms with Crippen molar-refractivity contribution in [3.8, 4) is 16.9 Å². The maximum Gasteiger partial charge on any atom is 0.573 e. The van der Waals surface area contributed by atoms with Gasteiger partial charge in [0.05, 0.1) is 19.3 Å². The van der Waals surface area contributed by atoms with Crippen molar-refractivity contribution in [2.24, 2.45) is 11.7 Å². The third-order valence-corrected chi connectivity index (χ3v) is 7.83. The average Bonchev–Trinajstić information content (AvgIpc) is 3.27. The number of unbranched alkanes of at least 4 members (excludes halogenated alkanes) is 1. The van der Waals surface area contributed by atoms with Gasteiger partial charge in [-0.25, -0.2) is 4.39 Å². The van der Waals surface area contributed by atoms with E-state index in [1.807, 2.05) is 0 Å². The molecule has 1 amide bonds. The molecule has 2 aromatic carbocycles. The molecule has 5 atom stereocenters. The van der Waals surface area contributed by atoms with Crippen molar-refractivity contribution in [2.45, 2.75) is 62.3 Å². The molecule has 1 aliphatic carbocycles. The molecular weight excluding hydrogens is 548 g/mol. The van der Waals surface area contributed by atoms with Crippen LogP contribution in [0.15, 0.2) is 42.5 Å². The summed E-state index contributed by atoms with van der Waals surface area (Å²) >= 11 is 0. The van der Waals surface area contributed by atoms with Crippen molar-refractivity contribution in [2.75, 3.05) is 33.4 Å². The molecule has 4 N–H and O–H groups in total. The minimum atomic E-state index is -4.94. The molecule has 1 aliphatic heterocycles. The fourth-order valence-electron chi connectivity index (χ4n) is 5.78. The molecular formula is C29H36F4N2O6. The quantitative estimate of drug-likeness (QED) is 0.288. The number of carbonyl (C=O) groups is 1. The number of benzene rings is 2. The second-order valence-corrected chi connectivity index (χ2v) is 10.7. The van der Waals surface area contributed by atoms with Crippen molar-refractivity contribution in [3.05, 3.63) is 53.8 Å². The number of carbonyl (C=O) groups excluding carboxylic acids is 1. The van der Waals surface area contributed by atoms with Gasteiger partial charge in [-0.3, -0.25) is 4.79 Å². The van der Waals surface area contributed by atoms with E-state index in [-0.39, 0.29) is 55.1 Å². The summed E-state index contributed by atoms with van der Waals surface area (Å²) in [6.07, 6.45) is -4.97. The Morgan fingerprint density at radius 2 is 1.93 bits per heavy atom. The highest BCUT2D eigenvalue weighted by Crippen LogP contribution is 2.42. The summed E-state index contributed by atoms with van der Waals surface area (Å²) < 4.78 is 69.4. The number of aliphatic hydroxyl groups is 2. The van der Waals surface area contributed by atoms with E-state index < -0.39 is 47.7 Å². The van der Waals surface area contributed by atoms with Gasteiger partial charge in [0.2, 0.25) is 5.91 Å². The molecule has 41 heavy (non-hydrogen) atoms. The molecule has 226 valence electrons. The zero-order valence-electron chi connectivity index (χ0n) is 22.8. The number of rotatable bonds is 10. The number of methoxy groups -OCH3 is 1. The van der Waals surface area contributed by atoms with Crippen molar-refractivity contribution in [1.29, 1.82) is 0 Å². The van der Waals surface area contributed by atoms with Gasteiger partial charge in [0.15, 0.2) is 0 Å². The van der Waals surface area contributed by atoms with Gasteiger partial charge in [-0.05, 0) is 61.4 Å². The average molecular weight is 585 g/mol. The minimum absolute atomic E-state index is 0.00534. The first-order chi connectivity index (χ1) is 19.4. The Labute approximate surface area is 236 Å². The van der Waals surface area contributed by atoms with Crippen LogP contribution in [0.3, 0.4) is 0 Å². The van der Waals surface area contributed by atoms with Crippen LogP contribution in [0.2, 0.25) is 0 Å². The van der Waals surface area contributed by atoms with Gasteiger partial charge in [0.1, 0.15) is 23.3 Å². The Morgan fingerprint density at radius 1 is 1.17 bits per heavy atom. The van der Waals surface area contributed by atoms with Gasteiger partial charge < -0.3 is 35.1 Å². The standard InChI is InChI=1S/C29H36F4N2O6/c1-39-12-3-2-10-28(38,25-17-35(11-13-40-25)27(37)19-15-23(34)24(36)16-19)21-8-5-9-22(30)26(21)18-6-4-7-20(14-18)41-29(31,32)33/h4-9,14,19,23-25,36,38H,2-3,10-13,15-17,34H2,1H3/t19-,23+,24-,25+,28-/m0/s1. The second kappa shape index (κ2) is 13.0. The third kappa shape index (κ3) is 7.36. The number of alkyl halides is 3. The van der Waals surface area contributed by atoms with Crippen molar-refractivity contribution < 1.29 is 46.8 Å². The highest BCUT2D eigenvalue weighted by atomic mass is 19.4. The summed E-state index contributed by atoms with van der Waals surface area (Å²) in [5, 5.41) is 22.4. The van der Waals surface area contributed by atoms with Gasteiger partial charge in [-0.1, -0.05) is 24.3 Å². The van der Waals surface area contributed by atoms with Crippen LogP contribution in [0, 0.1) is 11.7 Å². The normalized spacial score (nSPS) is 24.7. The minimum Gasteiger partial charge on any atom is -0.406 e. The largest absolute Gasteiger partial charge is 0.573 e. The van der Waals surface area contributed by atoms with E-state index in [1.54, 1.807) is 12.0 Å². The third-order valence-electron chi connectivity index (χ3n) is 7.83. The first-order valence-corrected chi connectivity index (χ1v) is 13.6. The van der Waals surface area contributed by atoms with Crippen LogP contribution in [-0.4, -0.2) is 79.0 Å². The first-order valence-electron chi connectivity index (χ1n) is 13.6. The number of hydrogen-bond donors (Lipinski definition) is 3. The van der Waals surface area contributed by atoms with Crippen LogP contribution >= 0.6 is 0 Å². The Kier molecular flexibility index (Phi) is 9.91. The SMILES string of the molecule is COCCCC[C@](O)(c1cccc(F)c1-c1cccc(OC(F)(F)F)c1)[C@H]1CN(C(=O)[C@H]2C[C@@H](N)[C@@H](O)C2)CCO1. The molecule has 2 aromatic rings. The number of halogens is 4. The summed E-state index contributed by atoms with van der Waals surface area (Å²) in [4.78, 5) is 14.9. The fraction of sp³-hybridized carbons (Fsp3) is 0.552. The maximum absolute atomic E-state index is 15.5. The zero-order valence-corrected chi connectivity index (χ0v) is 22.8. The molecule has 1 saturated heterocycles. The topological polar surface area (TPSA) is 114 Å². The highest BCUT2D eigenvalue weighted by Gasteiger charge is 2.46. The second-order valence-electron chi connectivity index (χ2n) is 10.7. The van der Waals surface area contributed by atoms with Crippen molar-refractivity contribution in [3.63, 3.8) is 0 Å². The predicted molar refractivity (Wildman–Crippen MR) is 141 cm³/mol. The molecule has 0 spiro atoms. The van der Waals surface area contributed by atoms with Crippen LogP contribution in [0.25, 0.3) is 11.1 Å². The van der Waals surface area contributed by atoms with Crippen LogP contribution in [-0.2, 0) is 19.9 Å². The molecule has 1 heterocycles. The number of nitrogens with two attached hydrogens (primary N) is 1. The number of morpholine rings is 1. The number of hydrogen-bond acceptors (Lipinski definition) is 7. The molecule has 2 aliphatic rings. The van der Waals surface area contributed by atoms with Gasteiger partial charge >= 0.3 is 6.36 Å². The molecule has 4 rings (SSSR count). The van der Waals surface area contributed by atoms with E-state index in [4.69, 9.17) is 15.2 Å². The van der Waals surface area contributed by atoms with E-state index in [9.17, 15) is 28.2 Å². The Bertz CT molecular complexity index is 1190. The lowest BCUT2D eigenvalue weighted by Gasteiger charge is -2.43. The van der Waals surface area contributed by atoms with E-state index in [0.717, 1.165) is 18.2 Å². The number of nitrogens with zero attached hydrogens (tertiary/aromatic N) is 1. The van der Waals surface area contributed by atoms with E-state index in [1.165, 1.54) is 24.3 Å². The summed E-state index contributed by atoms with van der Waals surface area (Å²) in [5.41, 5.74) is 4.20. The maximum atomic E-state index is 15.5. The predicted octanol–water partition coefficient (Wildman–Crippen LogP) is 3.72. The van der Waals surface area contributed by atoms with Gasteiger partial charge in [0, 0.05) is 37.8 Å². The molecule has 0 aromatic heterocycles. The Hall–Kier alpha value is -2.77. The van der Waals surface area contributed by atoms with E-state index in [2.05, 4.69) is 4.74 Å². The number of ether oxygens (including phenoxy) is 3. The molecule has 12 heteroatoms. The molecule has 0 unspecified atom stereocenters. The van der Waals surface area contributed by atoms with Gasteiger partial charge in [0.25, 0.3) is 0 Å². The lowest BCUT2D eigenvalue weighted by Crippen LogP contribution is -2.55. The number of amides is 1. The summed E-state index contributed by atoms with van der Waals surface area (Å²) in [6, 6.07) is 8.50. The van der Waals surface area contributed by atoms with Crippen molar-refractivity contribution >= 4 is 5.91 Å². The monoisotopic (exact) mass is 584 g/mol. The Morgan fingerprint density at radius 3 is 2.61 bits per heavy atom. The van der Waals surface area contributed by atoms with Gasteiger partial charge in [-0.2, -0.15) is 0 Å². The highest BCUT2D eigenvalue weighted by molar-refractivity contribution is 5.79. The fourth-order valence-corrected chi connectivity index (χ4v) is 5.78. The van der Waals surface area contributed by atoms with Crippen molar-refractivity contribution in [1.82, 2.24) is 4.90 Å². The molecule has 0 radical (unpaired) electrons. The first kappa shape index (κ1) is 31.2. The van der Waals surface area contributed by atoms with Crippen LogP contribution < -0.4 is 10.5 Å². The smallest absolute Gasteiger partial charge is 0.406 e. The van der Waals surface area contributed by atoms with E-state index >= 15 is 4.39 Å². The summed E-state index contributed by atoms with van der Waals surface area (Å²) in [6.45, 7) is 0.791. The number of aliphatic hydroxyl groups excluding tert-OH is 1. The molecule has 8 nitrogen and oxygen atoms in total.